The van der Waals surface area contributed by atoms with Gasteiger partial charge in [0.05, 0.1) is 6.54 Å². The van der Waals surface area contributed by atoms with Crippen LogP contribution in [0.1, 0.15) is 26.1 Å². The minimum atomic E-state index is 0.215. The van der Waals surface area contributed by atoms with Crippen LogP contribution in [0.3, 0.4) is 0 Å². The largest absolute Gasteiger partial charge is 0.333 e. The molecule has 1 aliphatic heterocycles. The van der Waals surface area contributed by atoms with Crippen LogP contribution in [0.15, 0.2) is 12.4 Å². The lowest BCUT2D eigenvalue weighted by atomic mass is 10.2. The Bertz CT molecular complexity index is 388. The van der Waals surface area contributed by atoms with Crippen molar-refractivity contribution in [3.05, 3.63) is 18.2 Å². The van der Waals surface area contributed by atoms with E-state index in [0.717, 1.165) is 25.5 Å². The molecule has 17 heavy (non-hydrogen) atoms. The van der Waals surface area contributed by atoms with Gasteiger partial charge in [-0.15, -0.1) is 0 Å². The Morgan fingerprint density at radius 2 is 2.41 bits per heavy atom. The molecule has 0 saturated heterocycles. The third-order valence-corrected chi connectivity index (χ3v) is 3.13. The highest BCUT2D eigenvalue weighted by molar-refractivity contribution is 5.76. The Labute approximate surface area is 102 Å². The molecule has 1 amide bonds. The van der Waals surface area contributed by atoms with Crippen molar-refractivity contribution in [2.45, 2.75) is 39.4 Å². The molecule has 2 heterocycles. The van der Waals surface area contributed by atoms with Crippen molar-refractivity contribution in [3.8, 4) is 0 Å². The van der Waals surface area contributed by atoms with Crippen LogP contribution in [0.2, 0.25) is 0 Å². The van der Waals surface area contributed by atoms with Crippen LogP contribution in [-0.4, -0.2) is 39.5 Å². The summed E-state index contributed by atoms with van der Waals surface area (Å²) >= 11 is 0. The number of hydrogen-bond acceptors (Lipinski definition) is 3. The van der Waals surface area contributed by atoms with E-state index in [1.165, 1.54) is 0 Å². The van der Waals surface area contributed by atoms with Gasteiger partial charge >= 0.3 is 0 Å². The molecule has 1 unspecified atom stereocenters. The topological polar surface area (TPSA) is 50.2 Å². The molecule has 5 heteroatoms. The van der Waals surface area contributed by atoms with Gasteiger partial charge in [0.25, 0.3) is 0 Å². The van der Waals surface area contributed by atoms with Crippen LogP contribution in [0.5, 0.6) is 0 Å². The van der Waals surface area contributed by atoms with E-state index in [4.69, 9.17) is 0 Å². The minimum Gasteiger partial charge on any atom is -0.333 e. The van der Waals surface area contributed by atoms with E-state index in [1.807, 2.05) is 18.0 Å². The Kier molecular flexibility index (Phi) is 3.78. The average Bonchev–Trinajstić information content (AvgIpc) is 2.75. The van der Waals surface area contributed by atoms with Crippen molar-refractivity contribution >= 4 is 5.91 Å². The summed E-state index contributed by atoms with van der Waals surface area (Å²) in [6.07, 6.45) is 4.33. The fourth-order valence-electron chi connectivity index (χ4n) is 2.20. The van der Waals surface area contributed by atoms with Crippen molar-refractivity contribution in [1.29, 1.82) is 0 Å². The lowest BCUT2D eigenvalue weighted by molar-refractivity contribution is -0.133. The third kappa shape index (κ3) is 2.85. The van der Waals surface area contributed by atoms with Gasteiger partial charge in [0.2, 0.25) is 5.91 Å². The SMILES string of the molecule is CCNC(C)CC(=O)N1CCn2ccnc2C1. The van der Waals surface area contributed by atoms with E-state index in [9.17, 15) is 4.79 Å². The zero-order valence-corrected chi connectivity index (χ0v) is 10.5. The van der Waals surface area contributed by atoms with Crippen LogP contribution < -0.4 is 5.32 Å². The van der Waals surface area contributed by atoms with Crippen LogP contribution in [0.4, 0.5) is 0 Å². The summed E-state index contributed by atoms with van der Waals surface area (Å²) in [6, 6.07) is 0.245. The lowest BCUT2D eigenvalue weighted by Gasteiger charge is -2.28. The second-order valence-corrected chi connectivity index (χ2v) is 4.52. The van der Waals surface area contributed by atoms with Gasteiger partial charge < -0.3 is 14.8 Å². The first-order valence-electron chi connectivity index (χ1n) is 6.22. The first kappa shape index (κ1) is 12.1. The standard InChI is InChI=1S/C12H20N4O/c1-3-13-10(2)8-12(17)16-7-6-15-5-4-14-11(15)9-16/h4-5,10,13H,3,6-9H2,1-2H3. The highest BCUT2D eigenvalue weighted by Gasteiger charge is 2.21. The van der Waals surface area contributed by atoms with Crippen molar-refractivity contribution in [1.82, 2.24) is 19.8 Å². The fraction of sp³-hybridized carbons (Fsp3) is 0.667. The summed E-state index contributed by atoms with van der Waals surface area (Å²) in [5.41, 5.74) is 0. The number of nitrogens with zero attached hydrogens (tertiary/aromatic N) is 3. The van der Waals surface area contributed by atoms with Gasteiger partial charge in [-0.2, -0.15) is 0 Å². The Hall–Kier alpha value is -1.36. The summed E-state index contributed by atoms with van der Waals surface area (Å²) in [5, 5.41) is 3.26. The molecular formula is C12H20N4O. The minimum absolute atomic E-state index is 0.215. The molecule has 1 aliphatic rings. The maximum Gasteiger partial charge on any atom is 0.224 e. The maximum absolute atomic E-state index is 12.1. The second kappa shape index (κ2) is 5.31. The zero-order chi connectivity index (χ0) is 12.3. The number of carbonyl (C=O) groups is 1. The van der Waals surface area contributed by atoms with E-state index in [2.05, 4.69) is 21.8 Å². The Morgan fingerprint density at radius 3 is 3.18 bits per heavy atom. The van der Waals surface area contributed by atoms with Crippen molar-refractivity contribution in [2.24, 2.45) is 0 Å². The predicted octanol–water partition coefficient (Wildman–Crippen LogP) is 0.613. The summed E-state index contributed by atoms with van der Waals surface area (Å²) in [4.78, 5) is 18.2. The first-order valence-corrected chi connectivity index (χ1v) is 6.22. The number of fused-ring (bicyclic) bond motifs is 1. The van der Waals surface area contributed by atoms with Gasteiger partial charge in [0, 0.05) is 37.9 Å². The van der Waals surface area contributed by atoms with E-state index < -0.39 is 0 Å². The van der Waals surface area contributed by atoms with Crippen molar-refractivity contribution in [2.75, 3.05) is 13.1 Å². The molecule has 0 aromatic carbocycles. The summed E-state index contributed by atoms with van der Waals surface area (Å²) in [5.74, 6) is 1.20. The Balaban J connectivity index is 1.90. The molecule has 0 radical (unpaired) electrons. The molecule has 94 valence electrons. The number of imidazole rings is 1. The summed E-state index contributed by atoms with van der Waals surface area (Å²) < 4.78 is 2.11. The highest BCUT2D eigenvalue weighted by atomic mass is 16.2. The molecule has 0 bridgehead atoms. The van der Waals surface area contributed by atoms with Gasteiger partial charge in [-0.25, -0.2) is 4.98 Å². The second-order valence-electron chi connectivity index (χ2n) is 4.52. The van der Waals surface area contributed by atoms with Gasteiger partial charge in [0.15, 0.2) is 0 Å². The van der Waals surface area contributed by atoms with Crippen LogP contribution in [-0.2, 0) is 17.9 Å². The molecule has 1 N–H and O–H groups in total. The number of carbonyl (C=O) groups excluding carboxylic acids is 1. The Morgan fingerprint density at radius 1 is 1.59 bits per heavy atom. The molecule has 0 spiro atoms. The molecule has 2 rings (SSSR count). The monoisotopic (exact) mass is 236 g/mol. The number of aromatic nitrogens is 2. The van der Waals surface area contributed by atoms with E-state index in [1.54, 1.807) is 6.20 Å². The normalized spacial score (nSPS) is 16.7. The lowest BCUT2D eigenvalue weighted by Crippen LogP contribution is -2.41. The first-order chi connectivity index (χ1) is 8.20. The van der Waals surface area contributed by atoms with Gasteiger partial charge in [0.1, 0.15) is 5.82 Å². The van der Waals surface area contributed by atoms with Crippen LogP contribution in [0.25, 0.3) is 0 Å². The molecule has 1 aromatic heterocycles. The molecule has 0 saturated carbocycles. The molecule has 1 atom stereocenters. The maximum atomic E-state index is 12.1. The van der Waals surface area contributed by atoms with Gasteiger partial charge in [-0.3, -0.25) is 4.79 Å². The number of hydrogen-bond donors (Lipinski definition) is 1. The molecule has 1 aromatic rings. The summed E-state index contributed by atoms with van der Waals surface area (Å²) in [6.45, 7) is 7.30. The van der Waals surface area contributed by atoms with Crippen molar-refractivity contribution in [3.63, 3.8) is 0 Å². The average molecular weight is 236 g/mol. The van der Waals surface area contributed by atoms with Crippen LogP contribution in [0, 0.1) is 0 Å². The predicted molar refractivity (Wildman–Crippen MR) is 65.4 cm³/mol. The highest BCUT2D eigenvalue weighted by Crippen LogP contribution is 2.11. The number of nitrogens with one attached hydrogen (secondary N) is 1. The summed E-state index contributed by atoms with van der Waals surface area (Å²) in [7, 11) is 0. The molecular weight excluding hydrogens is 216 g/mol. The van der Waals surface area contributed by atoms with E-state index in [-0.39, 0.29) is 11.9 Å². The van der Waals surface area contributed by atoms with Gasteiger partial charge in [-0.05, 0) is 13.5 Å². The molecule has 0 aliphatic carbocycles. The zero-order valence-electron chi connectivity index (χ0n) is 10.5. The third-order valence-electron chi connectivity index (χ3n) is 3.13. The molecule has 0 fully saturated rings. The number of amides is 1. The molecule has 5 nitrogen and oxygen atoms in total. The van der Waals surface area contributed by atoms with Crippen LogP contribution >= 0.6 is 0 Å². The van der Waals surface area contributed by atoms with Crippen molar-refractivity contribution < 1.29 is 4.79 Å². The fourth-order valence-corrected chi connectivity index (χ4v) is 2.20. The quantitative estimate of drug-likeness (QED) is 0.833. The van der Waals surface area contributed by atoms with E-state index >= 15 is 0 Å². The van der Waals surface area contributed by atoms with E-state index in [0.29, 0.717) is 13.0 Å². The smallest absolute Gasteiger partial charge is 0.224 e. The number of rotatable bonds is 4. The van der Waals surface area contributed by atoms with Gasteiger partial charge in [-0.1, -0.05) is 6.92 Å².